The van der Waals surface area contributed by atoms with Crippen molar-refractivity contribution in [2.45, 2.75) is 19.3 Å². The molecule has 2 aliphatic heterocycles. The van der Waals surface area contributed by atoms with E-state index in [4.69, 9.17) is 4.98 Å². The summed E-state index contributed by atoms with van der Waals surface area (Å²) in [4.78, 5) is 30.1. The molecule has 5 rings (SSSR count). The zero-order valence-electron chi connectivity index (χ0n) is 19.0. The van der Waals surface area contributed by atoms with Gasteiger partial charge < -0.3 is 15.1 Å². The van der Waals surface area contributed by atoms with Crippen LogP contribution < -0.4 is 15.1 Å². The number of carbonyl (C=O) groups excluding carboxylic acids is 1. The minimum absolute atomic E-state index is 0.0353. The van der Waals surface area contributed by atoms with E-state index >= 15 is 0 Å². The Hall–Kier alpha value is -2.71. The molecule has 0 spiro atoms. The molecule has 0 saturated carbocycles. The van der Waals surface area contributed by atoms with Gasteiger partial charge in [-0.1, -0.05) is 29.5 Å². The summed E-state index contributed by atoms with van der Waals surface area (Å²) in [6, 6.07) is 14.6. The highest BCUT2D eigenvalue weighted by Crippen LogP contribution is 2.30. The number of hydrogen-bond donors (Lipinski definition) is 1. The quantitative estimate of drug-likeness (QED) is 0.542. The number of nitrogens with one attached hydrogen (secondary N) is 1. The van der Waals surface area contributed by atoms with Gasteiger partial charge in [0, 0.05) is 57.7 Å². The fourth-order valence-electron chi connectivity index (χ4n) is 4.79. The van der Waals surface area contributed by atoms with E-state index < -0.39 is 0 Å². The van der Waals surface area contributed by atoms with Crippen LogP contribution in [0.1, 0.15) is 19.3 Å². The second-order valence-corrected chi connectivity index (χ2v) is 9.87. The predicted molar refractivity (Wildman–Crippen MR) is 135 cm³/mol. The minimum atomic E-state index is 0.0353. The molecular weight excluding hydrogens is 432 g/mol. The van der Waals surface area contributed by atoms with Crippen molar-refractivity contribution in [3.05, 3.63) is 48.7 Å². The van der Waals surface area contributed by atoms with Crippen molar-refractivity contribution in [1.29, 1.82) is 0 Å². The lowest BCUT2D eigenvalue weighted by atomic mass is 9.97. The Bertz CT molecular complexity index is 1020. The lowest BCUT2D eigenvalue weighted by Gasteiger charge is -2.36. The summed E-state index contributed by atoms with van der Waals surface area (Å²) in [5.41, 5.74) is 2.25. The molecule has 0 bridgehead atoms. The van der Waals surface area contributed by atoms with Crippen LogP contribution in [0.15, 0.2) is 48.7 Å². The number of aromatic nitrogens is 2. The Morgan fingerprint density at radius 2 is 1.88 bits per heavy atom. The van der Waals surface area contributed by atoms with Crippen LogP contribution in [-0.2, 0) is 4.79 Å². The summed E-state index contributed by atoms with van der Waals surface area (Å²) in [7, 11) is 0. The molecule has 2 fully saturated rings. The van der Waals surface area contributed by atoms with Crippen molar-refractivity contribution in [1.82, 2.24) is 20.2 Å². The SMILES string of the molecule is O=C(NCCCN1CCN(c2ccccc2)CC1)[C@H]1CCCN(c2nc3cccnc3s2)C1. The fraction of sp³-hybridized carbons (Fsp3) is 0.480. The van der Waals surface area contributed by atoms with Gasteiger partial charge in [-0.3, -0.25) is 9.69 Å². The first-order valence-corrected chi connectivity index (χ1v) is 12.8. The average molecular weight is 465 g/mol. The van der Waals surface area contributed by atoms with E-state index in [1.807, 2.05) is 12.1 Å². The maximum atomic E-state index is 12.8. The van der Waals surface area contributed by atoms with E-state index in [9.17, 15) is 4.79 Å². The third kappa shape index (κ3) is 5.45. The van der Waals surface area contributed by atoms with Gasteiger partial charge in [-0.05, 0) is 50.1 Å². The van der Waals surface area contributed by atoms with Crippen molar-refractivity contribution in [2.24, 2.45) is 5.92 Å². The van der Waals surface area contributed by atoms with Crippen LogP contribution in [0.2, 0.25) is 0 Å². The van der Waals surface area contributed by atoms with E-state index in [1.54, 1.807) is 17.5 Å². The highest BCUT2D eigenvalue weighted by molar-refractivity contribution is 7.21. The van der Waals surface area contributed by atoms with Crippen LogP contribution in [0, 0.1) is 5.92 Å². The number of rotatable bonds is 7. The van der Waals surface area contributed by atoms with Crippen molar-refractivity contribution >= 4 is 38.4 Å². The van der Waals surface area contributed by atoms with Crippen LogP contribution in [-0.4, -0.2) is 73.1 Å². The average Bonchev–Trinajstić information content (AvgIpc) is 3.32. The maximum absolute atomic E-state index is 12.8. The number of anilines is 2. The summed E-state index contributed by atoms with van der Waals surface area (Å²) in [5, 5.41) is 4.18. The third-order valence-electron chi connectivity index (χ3n) is 6.66. The second-order valence-electron chi connectivity index (χ2n) is 8.92. The second kappa shape index (κ2) is 10.5. The molecule has 8 heteroatoms. The van der Waals surface area contributed by atoms with Crippen molar-refractivity contribution in [2.75, 3.05) is 62.2 Å². The fourth-order valence-corrected chi connectivity index (χ4v) is 5.73. The van der Waals surface area contributed by atoms with Gasteiger partial charge in [0.25, 0.3) is 0 Å². The lowest BCUT2D eigenvalue weighted by molar-refractivity contribution is -0.125. The molecule has 1 atom stereocenters. The summed E-state index contributed by atoms with van der Waals surface area (Å²) in [6.07, 6.45) is 4.77. The van der Waals surface area contributed by atoms with Crippen molar-refractivity contribution in [3.8, 4) is 0 Å². The number of nitrogens with zero attached hydrogens (tertiary/aromatic N) is 5. The molecule has 0 radical (unpaired) electrons. The van der Waals surface area contributed by atoms with E-state index in [0.717, 1.165) is 87.1 Å². The summed E-state index contributed by atoms with van der Waals surface area (Å²) in [5.74, 6) is 0.223. The summed E-state index contributed by atoms with van der Waals surface area (Å²) < 4.78 is 0. The molecule has 0 aliphatic carbocycles. The van der Waals surface area contributed by atoms with E-state index in [1.165, 1.54) is 5.69 Å². The lowest BCUT2D eigenvalue weighted by Crippen LogP contribution is -2.47. The Labute approximate surface area is 199 Å². The number of carbonyl (C=O) groups is 1. The zero-order chi connectivity index (χ0) is 22.5. The van der Waals surface area contributed by atoms with Gasteiger partial charge in [0.1, 0.15) is 10.3 Å². The third-order valence-corrected chi connectivity index (χ3v) is 7.70. The number of amides is 1. The van der Waals surface area contributed by atoms with Crippen LogP contribution >= 0.6 is 11.3 Å². The van der Waals surface area contributed by atoms with Crippen molar-refractivity contribution < 1.29 is 4.79 Å². The van der Waals surface area contributed by atoms with Gasteiger partial charge in [0.15, 0.2) is 5.13 Å². The van der Waals surface area contributed by atoms with Gasteiger partial charge in [-0.15, -0.1) is 0 Å². The topological polar surface area (TPSA) is 64.6 Å². The number of benzene rings is 1. The minimum Gasteiger partial charge on any atom is -0.369 e. The molecule has 2 saturated heterocycles. The zero-order valence-corrected chi connectivity index (χ0v) is 19.8. The van der Waals surface area contributed by atoms with Crippen LogP contribution in [0.5, 0.6) is 0 Å². The Morgan fingerprint density at radius 1 is 1.03 bits per heavy atom. The molecule has 4 heterocycles. The molecule has 1 amide bonds. The Morgan fingerprint density at radius 3 is 2.70 bits per heavy atom. The molecule has 1 aromatic carbocycles. The van der Waals surface area contributed by atoms with E-state index in [-0.39, 0.29) is 11.8 Å². The number of thiazole rings is 1. The highest BCUT2D eigenvalue weighted by atomic mass is 32.1. The normalized spacial score (nSPS) is 19.7. The monoisotopic (exact) mass is 464 g/mol. The molecule has 2 aromatic heterocycles. The highest BCUT2D eigenvalue weighted by Gasteiger charge is 2.27. The molecule has 2 aliphatic rings. The summed E-state index contributed by atoms with van der Waals surface area (Å²) >= 11 is 1.62. The Balaban J connectivity index is 1.03. The van der Waals surface area contributed by atoms with Gasteiger partial charge in [-0.2, -0.15) is 0 Å². The van der Waals surface area contributed by atoms with Gasteiger partial charge in [0.2, 0.25) is 5.91 Å². The van der Waals surface area contributed by atoms with Crippen LogP contribution in [0.25, 0.3) is 10.3 Å². The molecule has 7 nitrogen and oxygen atoms in total. The predicted octanol–water partition coefficient (Wildman–Crippen LogP) is 3.24. The first-order chi connectivity index (χ1) is 16.3. The summed E-state index contributed by atoms with van der Waals surface area (Å²) in [6.45, 7) is 7.78. The molecule has 174 valence electrons. The molecular formula is C25H32N6OS. The molecule has 0 unspecified atom stereocenters. The van der Waals surface area contributed by atoms with Crippen molar-refractivity contribution in [3.63, 3.8) is 0 Å². The molecule has 3 aromatic rings. The number of pyridine rings is 1. The van der Waals surface area contributed by atoms with Crippen LogP contribution in [0.3, 0.4) is 0 Å². The van der Waals surface area contributed by atoms with E-state index in [0.29, 0.717) is 0 Å². The van der Waals surface area contributed by atoms with Gasteiger partial charge in [-0.25, -0.2) is 9.97 Å². The largest absolute Gasteiger partial charge is 0.369 e. The van der Waals surface area contributed by atoms with E-state index in [2.05, 4.69) is 55.3 Å². The van der Waals surface area contributed by atoms with Gasteiger partial charge >= 0.3 is 0 Å². The first kappa shape index (κ1) is 22.1. The number of piperazine rings is 1. The van der Waals surface area contributed by atoms with Crippen LogP contribution in [0.4, 0.5) is 10.8 Å². The number of para-hydroxylation sites is 1. The standard InChI is InChI=1S/C25H32N6OS/c32-23(20-7-5-14-31(19-20)25-28-22-10-4-11-27-24(22)33-25)26-12-6-13-29-15-17-30(18-16-29)21-8-2-1-3-9-21/h1-4,8-11,20H,5-7,12-19H2,(H,26,32)/t20-/m0/s1. The van der Waals surface area contributed by atoms with Gasteiger partial charge in [0.05, 0.1) is 5.92 Å². The number of piperidine rings is 1. The number of hydrogen-bond acceptors (Lipinski definition) is 7. The number of fused-ring (bicyclic) bond motifs is 1. The molecule has 33 heavy (non-hydrogen) atoms. The smallest absolute Gasteiger partial charge is 0.224 e. The molecule has 1 N–H and O–H groups in total. The Kier molecular flexibility index (Phi) is 7.02. The first-order valence-electron chi connectivity index (χ1n) is 12.0. The maximum Gasteiger partial charge on any atom is 0.224 e.